The minimum atomic E-state index is -0.468. The average Bonchev–Trinajstić information content (AvgIpc) is 3.24. The van der Waals surface area contributed by atoms with Crippen LogP contribution >= 0.6 is 0 Å². The van der Waals surface area contributed by atoms with Gasteiger partial charge in [0.2, 0.25) is 5.91 Å². The number of nitrogens with one attached hydrogen (secondary N) is 2. The maximum atomic E-state index is 12.6. The first-order chi connectivity index (χ1) is 12.0. The number of amides is 3. The molecular formula is C17H22N6O2. The molecule has 2 aromatic heterocycles. The molecule has 0 saturated carbocycles. The molecule has 0 bridgehead atoms. The lowest BCUT2D eigenvalue weighted by Gasteiger charge is -2.25. The van der Waals surface area contributed by atoms with Crippen LogP contribution < -0.4 is 10.6 Å². The van der Waals surface area contributed by atoms with Gasteiger partial charge in [0, 0.05) is 37.2 Å². The van der Waals surface area contributed by atoms with Crippen molar-refractivity contribution in [3.05, 3.63) is 36.8 Å². The van der Waals surface area contributed by atoms with Crippen molar-refractivity contribution in [2.45, 2.75) is 38.8 Å². The predicted octanol–water partition coefficient (Wildman–Crippen LogP) is 1.79. The van der Waals surface area contributed by atoms with Gasteiger partial charge >= 0.3 is 6.03 Å². The van der Waals surface area contributed by atoms with Crippen molar-refractivity contribution in [2.24, 2.45) is 0 Å². The second kappa shape index (κ2) is 7.33. The topological polar surface area (TPSA) is 92.2 Å². The largest absolute Gasteiger partial charge is 0.336 e. The van der Waals surface area contributed by atoms with Gasteiger partial charge in [-0.15, -0.1) is 0 Å². The van der Waals surface area contributed by atoms with Crippen molar-refractivity contribution in [1.82, 2.24) is 25.0 Å². The van der Waals surface area contributed by atoms with Crippen molar-refractivity contribution in [3.63, 3.8) is 0 Å². The lowest BCUT2D eigenvalue weighted by molar-refractivity contribution is -0.119. The van der Waals surface area contributed by atoms with Crippen LogP contribution in [0.2, 0.25) is 0 Å². The molecule has 8 heteroatoms. The summed E-state index contributed by atoms with van der Waals surface area (Å²) in [5, 5.41) is 9.99. The van der Waals surface area contributed by atoms with E-state index in [1.54, 1.807) is 34.2 Å². The highest BCUT2D eigenvalue weighted by Gasteiger charge is 2.34. The molecule has 2 N–H and O–H groups in total. The Kier molecular flexibility index (Phi) is 4.97. The summed E-state index contributed by atoms with van der Waals surface area (Å²) in [7, 11) is 0. The fraction of sp³-hybridized carbons (Fsp3) is 0.412. The number of pyridine rings is 1. The van der Waals surface area contributed by atoms with Gasteiger partial charge in [-0.2, -0.15) is 5.10 Å². The molecule has 1 saturated heterocycles. The van der Waals surface area contributed by atoms with Gasteiger partial charge in [0.1, 0.15) is 6.04 Å². The third kappa shape index (κ3) is 3.96. The molecule has 0 unspecified atom stereocenters. The second-order valence-electron chi connectivity index (χ2n) is 6.30. The molecule has 3 rings (SSSR count). The van der Waals surface area contributed by atoms with Crippen LogP contribution in [0, 0.1) is 0 Å². The number of hydrogen-bond acceptors (Lipinski definition) is 4. The van der Waals surface area contributed by atoms with Crippen molar-refractivity contribution >= 4 is 17.8 Å². The molecule has 3 heterocycles. The Hall–Kier alpha value is -2.90. The van der Waals surface area contributed by atoms with Crippen LogP contribution in [-0.4, -0.2) is 50.2 Å². The Morgan fingerprint density at radius 2 is 2.00 bits per heavy atom. The van der Waals surface area contributed by atoms with Crippen LogP contribution in [0.5, 0.6) is 0 Å². The van der Waals surface area contributed by atoms with Crippen molar-refractivity contribution in [2.75, 3.05) is 11.9 Å². The molecule has 0 aromatic carbocycles. The lowest BCUT2D eigenvalue weighted by Crippen LogP contribution is -2.49. The summed E-state index contributed by atoms with van der Waals surface area (Å²) in [6.45, 7) is 4.38. The summed E-state index contributed by atoms with van der Waals surface area (Å²) >= 11 is 0. The summed E-state index contributed by atoms with van der Waals surface area (Å²) in [6.07, 6.45) is 6.60. The van der Waals surface area contributed by atoms with E-state index in [1.807, 2.05) is 26.0 Å². The SMILES string of the molecule is CC(C)NC(=O)N1CCC[C@H]1C(=O)Nc1ccn(-c2ccncc2)n1. The van der Waals surface area contributed by atoms with Crippen LogP contribution in [0.3, 0.4) is 0 Å². The Labute approximate surface area is 146 Å². The van der Waals surface area contributed by atoms with E-state index < -0.39 is 6.04 Å². The van der Waals surface area contributed by atoms with Crippen LogP contribution in [0.4, 0.5) is 10.6 Å². The first-order valence-electron chi connectivity index (χ1n) is 8.38. The quantitative estimate of drug-likeness (QED) is 0.886. The van der Waals surface area contributed by atoms with Crippen LogP contribution in [0.25, 0.3) is 5.69 Å². The molecule has 1 aliphatic heterocycles. The number of urea groups is 1. The summed E-state index contributed by atoms with van der Waals surface area (Å²) in [4.78, 5) is 30.4. The highest BCUT2D eigenvalue weighted by Crippen LogP contribution is 2.19. The zero-order chi connectivity index (χ0) is 17.8. The van der Waals surface area contributed by atoms with Crippen molar-refractivity contribution in [3.8, 4) is 5.69 Å². The first kappa shape index (κ1) is 16.9. The van der Waals surface area contributed by atoms with E-state index in [2.05, 4.69) is 20.7 Å². The van der Waals surface area contributed by atoms with Crippen LogP contribution in [-0.2, 0) is 4.79 Å². The molecule has 2 aromatic rings. The van der Waals surface area contributed by atoms with Crippen LogP contribution in [0.15, 0.2) is 36.8 Å². The van der Waals surface area contributed by atoms with E-state index in [-0.39, 0.29) is 18.0 Å². The van der Waals surface area contributed by atoms with Crippen molar-refractivity contribution in [1.29, 1.82) is 0 Å². The number of aromatic nitrogens is 3. The van der Waals surface area contributed by atoms with Gasteiger partial charge < -0.3 is 15.5 Å². The number of hydrogen-bond donors (Lipinski definition) is 2. The van der Waals surface area contributed by atoms with E-state index in [1.165, 1.54) is 0 Å². The Morgan fingerprint density at radius 1 is 1.24 bits per heavy atom. The Morgan fingerprint density at radius 3 is 2.72 bits per heavy atom. The van der Waals surface area contributed by atoms with Gasteiger partial charge in [0.15, 0.2) is 5.82 Å². The van der Waals surface area contributed by atoms with E-state index in [0.29, 0.717) is 18.8 Å². The van der Waals surface area contributed by atoms with Gasteiger partial charge in [-0.3, -0.25) is 9.78 Å². The van der Waals surface area contributed by atoms with E-state index in [9.17, 15) is 9.59 Å². The number of nitrogens with zero attached hydrogens (tertiary/aromatic N) is 4. The molecule has 8 nitrogen and oxygen atoms in total. The summed E-state index contributed by atoms with van der Waals surface area (Å²) < 4.78 is 1.66. The third-order valence-corrected chi connectivity index (χ3v) is 4.00. The highest BCUT2D eigenvalue weighted by atomic mass is 16.2. The standard InChI is InChI=1S/C17H22N6O2/c1-12(2)19-17(25)22-10-3-4-14(22)16(24)20-15-7-11-23(21-15)13-5-8-18-9-6-13/h5-9,11-12,14H,3-4,10H2,1-2H3,(H,19,25)(H,20,21,24)/t14-/m0/s1. The maximum absolute atomic E-state index is 12.6. The zero-order valence-corrected chi connectivity index (χ0v) is 14.3. The number of anilines is 1. The minimum absolute atomic E-state index is 0.0351. The van der Waals surface area contributed by atoms with Crippen molar-refractivity contribution < 1.29 is 9.59 Å². The number of rotatable bonds is 4. The minimum Gasteiger partial charge on any atom is -0.336 e. The molecule has 132 valence electrons. The molecular weight excluding hydrogens is 320 g/mol. The van der Waals surface area contributed by atoms with E-state index >= 15 is 0 Å². The third-order valence-electron chi connectivity index (χ3n) is 4.00. The Bertz CT molecular complexity index is 743. The number of carbonyl (C=O) groups is 2. The first-order valence-corrected chi connectivity index (χ1v) is 8.38. The predicted molar refractivity (Wildman–Crippen MR) is 93.4 cm³/mol. The van der Waals surface area contributed by atoms with Gasteiger partial charge in [-0.1, -0.05) is 0 Å². The maximum Gasteiger partial charge on any atom is 0.318 e. The lowest BCUT2D eigenvalue weighted by atomic mass is 10.2. The summed E-state index contributed by atoms with van der Waals surface area (Å²) in [6, 6.07) is 4.75. The molecule has 0 aliphatic carbocycles. The fourth-order valence-electron chi connectivity index (χ4n) is 2.85. The van der Waals surface area contributed by atoms with E-state index in [0.717, 1.165) is 12.1 Å². The van der Waals surface area contributed by atoms with Gasteiger partial charge in [-0.25, -0.2) is 9.48 Å². The molecule has 1 aliphatic rings. The second-order valence-corrected chi connectivity index (χ2v) is 6.30. The fourth-order valence-corrected chi connectivity index (χ4v) is 2.85. The summed E-state index contributed by atoms with van der Waals surface area (Å²) in [5.74, 6) is 0.245. The molecule has 0 spiro atoms. The van der Waals surface area contributed by atoms with Gasteiger partial charge in [-0.05, 0) is 38.8 Å². The molecule has 0 radical (unpaired) electrons. The van der Waals surface area contributed by atoms with Gasteiger partial charge in [0.05, 0.1) is 5.69 Å². The number of carbonyl (C=O) groups excluding carboxylic acids is 2. The monoisotopic (exact) mass is 342 g/mol. The zero-order valence-electron chi connectivity index (χ0n) is 14.3. The van der Waals surface area contributed by atoms with Gasteiger partial charge in [0.25, 0.3) is 0 Å². The average molecular weight is 342 g/mol. The molecule has 3 amide bonds. The molecule has 1 atom stereocenters. The van der Waals surface area contributed by atoms with E-state index in [4.69, 9.17) is 0 Å². The van der Waals surface area contributed by atoms with Crippen LogP contribution in [0.1, 0.15) is 26.7 Å². The molecule has 25 heavy (non-hydrogen) atoms. The molecule has 1 fully saturated rings. The Balaban J connectivity index is 1.66. The summed E-state index contributed by atoms with van der Waals surface area (Å²) in [5.41, 5.74) is 0.856. The highest BCUT2D eigenvalue weighted by molar-refractivity contribution is 5.96. The smallest absolute Gasteiger partial charge is 0.318 e. The normalized spacial score (nSPS) is 16.9. The number of likely N-dealkylation sites (tertiary alicyclic amines) is 1.